The Morgan fingerprint density at radius 2 is 1.87 bits per heavy atom. The van der Waals surface area contributed by atoms with Crippen molar-refractivity contribution in [3.63, 3.8) is 0 Å². The highest BCUT2D eigenvalue weighted by atomic mass is 19.1. The summed E-state index contributed by atoms with van der Waals surface area (Å²) in [6.45, 7) is 3.82. The molecule has 0 amide bonds. The molecule has 2 aromatic carbocycles. The molecule has 5 rings (SSSR count). The number of aryl methyl sites for hydroxylation is 1. The predicted octanol–water partition coefficient (Wildman–Crippen LogP) is 5.74. The zero-order valence-electron chi connectivity index (χ0n) is 17.8. The van der Waals surface area contributed by atoms with E-state index in [4.69, 9.17) is 4.74 Å². The lowest BCUT2D eigenvalue weighted by molar-refractivity contribution is 0.415. The number of piperidine rings is 1. The Morgan fingerprint density at radius 1 is 1.03 bits per heavy atom. The summed E-state index contributed by atoms with van der Waals surface area (Å²) in [5.41, 5.74) is 6.29. The van der Waals surface area contributed by atoms with Gasteiger partial charge >= 0.3 is 0 Å². The number of nitrogens with zero attached hydrogens (tertiary/aromatic N) is 3. The van der Waals surface area contributed by atoms with E-state index < -0.39 is 0 Å². The molecule has 0 unspecified atom stereocenters. The molecule has 31 heavy (non-hydrogen) atoms. The van der Waals surface area contributed by atoms with Gasteiger partial charge in [0.25, 0.3) is 0 Å². The third-order valence-corrected chi connectivity index (χ3v) is 5.93. The van der Waals surface area contributed by atoms with Gasteiger partial charge in [-0.25, -0.2) is 4.39 Å². The number of benzene rings is 2. The topological polar surface area (TPSA) is 54.0 Å². The maximum atomic E-state index is 14.3. The Hall–Kier alpha value is -3.41. The van der Waals surface area contributed by atoms with Crippen molar-refractivity contribution in [2.45, 2.75) is 26.2 Å². The Bertz CT molecular complexity index is 1220. The summed E-state index contributed by atoms with van der Waals surface area (Å²) in [5.74, 6) is 0.558. The van der Waals surface area contributed by atoms with Gasteiger partial charge in [-0.3, -0.25) is 0 Å². The molecule has 158 valence electrons. The van der Waals surface area contributed by atoms with Crippen molar-refractivity contribution in [3.8, 4) is 28.3 Å². The summed E-state index contributed by atoms with van der Waals surface area (Å²) in [6.07, 6.45) is 5.25. The highest BCUT2D eigenvalue weighted by Gasteiger charge is 2.23. The molecular formula is C25H25FN4O. The number of hydrogen-bond acceptors (Lipinski definition) is 4. The molecule has 4 aromatic rings. The first-order valence-electron chi connectivity index (χ1n) is 10.7. The number of H-pyrrole nitrogens is 1. The van der Waals surface area contributed by atoms with Crippen LogP contribution >= 0.6 is 0 Å². The summed E-state index contributed by atoms with van der Waals surface area (Å²) in [7, 11) is 1.66. The maximum absolute atomic E-state index is 14.3. The van der Waals surface area contributed by atoms with E-state index >= 15 is 0 Å². The van der Waals surface area contributed by atoms with Crippen molar-refractivity contribution >= 4 is 16.6 Å². The molecule has 0 bridgehead atoms. The predicted molar refractivity (Wildman–Crippen MR) is 122 cm³/mol. The number of ether oxygens (including phenoxy) is 1. The summed E-state index contributed by atoms with van der Waals surface area (Å²) >= 11 is 0. The van der Waals surface area contributed by atoms with Gasteiger partial charge in [0.1, 0.15) is 17.3 Å². The molecule has 1 aliphatic rings. The molecule has 6 heteroatoms. The van der Waals surface area contributed by atoms with Crippen LogP contribution in [-0.2, 0) is 0 Å². The van der Waals surface area contributed by atoms with Gasteiger partial charge in [0.15, 0.2) is 0 Å². The summed E-state index contributed by atoms with van der Waals surface area (Å²) < 4.78 is 19.6. The Kier molecular flexibility index (Phi) is 5.06. The zero-order valence-corrected chi connectivity index (χ0v) is 17.8. The number of aromatic amines is 1. The molecule has 1 N–H and O–H groups in total. The smallest absolute Gasteiger partial charge is 0.133 e. The normalized spacial score (nSPS) is 14.2. The third-order valence-electron chi connectivity index (χ3n) is 5.93. The molecule has 5 nitrogen and oxygen atoms in total. The quantitative estimate of drug-likeness (QED) is 0.461. The SMILES string of the molecule is COc1ccc2cc(-c3nncc(-c4cc(C)cc(F)c4)c3N3CCCCC3)[nH]c2c1. The lowest BCUT2D eigenvalue weighted by atomic mass is 9.99. The van der Waals surface area contributed by atoms with Crippen molar-refractivity contribution in [3.05, 3.63) is 60.0 Å². The van der Waals surface area contributed by atoms with E-state index in [2.05, 4.69) is 26.1 Å². The molecule has 0 atom stereocenters. The largest absolute Gasteiger partial charge is 0.497 e. The maximum Gasteiger partial charge on any atom is 0.133 e. The minimum absolute atomic E-state index is 0.240. The fourth-order valence-electron chi connectivity index (χ4n) is 4.46. The van der Waals surface area contributed by atoms with E-state index in [1.807, 2.05) is 31.2 Å². The number of nitrogens with one attached hydrogen (secondary N) is 1. The molecule has 0 radical (unpaired) electrons. The van der Waals surface area contributed by atoms with Crippen LogP contribution in [0.25, 0.3) is 33.4 Å². The van der Waals surface area contributed by atoms with Gasteiger partial charge in [-0.15, -0.1) is 5.10 Å². The van der Waals surface area contributed by atoms with E-state index in [1.54, 1.807) is 25.4 Å². The summed E-state index contributed by atoms with van der Waals surface area (Å²) in [5, 5.41) is 9.94. The zero-order chi connectivity index (χ0) is 21.4. The van der Waals surface area contributed by atoms with E-state index in [0.717, 1.165) is 76.3 Å². The molecule has 3 heterocycles. The van der Waals surface area contributed by atoms with Crippen molar-refractivity contribution in [2.75, 3.05) is 25.1 Å². The molecule has 1 aliphatic heterocycles. The van der Waals surface area contributed by atoms with Crippen LogP contribution in [0.2, 0.25) is 0 Å². The van der Waals surface area contributed by atoms with Crippen LogP contribution in [0.5, 0.6) is 5.75 Å². The number of methoxy groups -OCH3 is 1. The molecule has 0 spiro atoms. The van der Waals surface area contributed by atoms with Crippen molar-refractivity contribution < 1.29 is 9.13 Å². The molecule has 0 aliphatic carbocycles. The molecule has 1 fully saturated rings. The summed E-state index contributed by atoms with van der Waals surface area (Å²) in [4.78, 5) is 5.85. The van der Waals surface area contributed by atoms with Crippen LogP contribution in [0.15, 0.2) is 48.7 Å². The molecule has 0 saturated carbocycles. The Labute approximate surface area is 180 Å². The second-order valence-electron chi connectivity index (χ2n) is 8.16. The first kappa shape index (κ1) is 19.5. The Balaban J connectivity index is 1.71. The third kappa shape index (κ3) is 3.74. The second-order valence-corrected chi connectivity index (χ2v) is 8.16. The lowest BCUT2D eigenvalue weighted by Crippen LogP contribution is -2.30. The van der Waals surface area contributed by atoms with Gasteiger partial charge in [0, 0.05) is 35.6 Å². The Morgan fingerprint density at radius 3 is 2.65 bits per heavy atom. The van der Waals surface area contributed by atoms with Crippen LogP contribution < -0.4 is 9.64 Å². The van der Waals surface area contributed by atoms with Gasteiger partial charge in [-0.1, -0.05) is 6.07 Å². The second kappa shape index (κ2) is 8.02. The van der Waals surface area contributed by atoms with Crippen molar-refractivity contribution in [1.82, 2.24) is 15.2 Å². The van der Waals surface area contributed by atoms with Gasteiger partial charge < -0.3 is 14.6 Å². The molecule has 1 saturated heterocycles. The summed E-state index contributed by atoms with van der Waals surface area (Å²) in [6, 6.07) is 13.2. The number of rotatable bonds is 4. The average Bonchev–Trinajstić information content (AvgIpc) is 3.21. The van der Waals surface area contributed by atoms with Crippen LogP contribution in [0.1, 0.15) is 24.8 Å². The van der Waals surface area contributed by atoms with E-state index in [1.165, 1.54) is 6.42 Å². The number of halogens is 1. The van der Waals surface area contributed by atoms with Crippen molar-refractivity contribution in [1.29, 1.82) is 0 Å². The van der Waals surface area contributed by atoms with Crippen LogP contribution in [0, 0.1) is 12.7 Å². The fraction of sp³-hybridized carbons (Fsp3) is 0.280. The van der Waals surface area contributed by atoms with E-state index in [9.17, 15) is 4.39 Å². The molecular weight excluding hydrogens is 391 g/mol. The highest BCUT2D eigenvalue weighted by Crippen LogP contribution is 2.40. The van der Waals surface area contributed by atoms with E-state index in [-0.39, 0.29) is 5.82 Å². The van der Waals surface area contributed by atoms with Gasteiger partial charge in [0.05, 0.1) is 24.7 Å². The number of aromatic nitrogens is 3. The minimum atomic E-state index is -0.240. The fourth-order valence-corrected chi connectivity index (χ4v) is 4.46. The van der Waals surface area contributed by atoms with Gasteiger partial charge in [-0.05, 0) is 67.6 Å². The van der Waals surface area contributed by atoms with Gasteiger partial charge in [0.2, 0.25) is 0 Å². The van der Waals surface area contributed by atoms with E-state index in [0.29, 0.717) is 0 Å². The van der Waals surface area contributed by atoms with Crippen molar-refractivity contribution in [2.24, 2.45) is 0 Å². The average molecular weight is 417 g/mol. The number of hydrogen-bond donors (Lipinski definition) is 1. The first-order valence-corrected chi connectivity index (χ1v) is 10.7. The minimum Gasteiger partial charge on any atom is -0.497 e. The number of fused-ring (bicyclic) bond motifs is 1. The first-order chi connectivity index (χ1) is 15.1. The number of anilines is 1. The van der Waals surface area contributed by atoms with Crippen LogP contribution in [0.4, 0.5) is 10.1 Å². The standard InChI is InChI=1S/C25H25FN4O/c1-16-10-18(12-19(26)11-16)21-15-27-29-24(25(21)30-8-4-3-5-9-30)23-13-17-6-7-20(31-2)14-22(17)28-23/h6-7,10-15,28H,3-5,8-9H2,1-2H3. The molecule has 2 aromatic heterocycles. The monoisotopic (exact) mass is 416 g/mol. The highest BCUT2D eigenvalue weighted by molar-refractivity contribution is 5.92. The van der Waals surface area contributed by atoms with Crippen LogP contribution in [-0.4, -0.2) is 35.4 Å². The van der Waals surface area contributed by atoms with Gasteiger partial charge in [-0.2, -0.15) is 5.10 Å². The lowest BCUT2D eigenvalue weighted by Gasteiger charge is -2.31. The van der Waals surface area contributed by atoms with Crippen LogP contribution in [0.3, 0.4) is 0 Å².